The Labute approximate surface area is 168 Å². The van der Waals surface area contributed by atoms with Crippen molar-refractivity contribution in [2.24, 2.45) is 0 Å². The monoisotopic (exact) mass is 394 g/mol. The minimum Gasteiger partial charge on any atom is -0.454 e. The highest BCUT2D eigenvalue weighted by molar-refractivity contribution is 5.77. The molecule has 2 aliphatic rings. The summed E-state index contributed by atoms with van der Waals surface area (Å²) in [4.78, 5) is 23.2. The number of quaternary nitrogens is 2. The zero-order valence-corrected chi connectivity index (χ0v) is 16.5. The van der Waals surface area contributed by atoms with Gasteiger partial charge in [-0.2, -0.15) is 0 Å². The first kappa shape index (κ1) is 18.1. The van der Waals surface area contributed by atoms with Gasteiger partial charge in [0.15, 0.2) is 17.3 Å². The van der Waals surface area contributed by atoms with Gasteiger partial charge >= 0.3 is 0 Å². The number of hydrogen-bond acceptors (Lipinski definition) is 4. The molecule has 3 N–H and O–H groups in total. The highest BCUT2D eigenvalue weighted by atomic mass is 16.7. The maximum absolute atomic E-state index is 12.4. The number of ether oxygens (including phenoxy) is 2. The molecule has 1 aromatic heterocycles. The third-order valence-corrected chi connectivity index (χ3v) is 6.14. The maximum atomic E-state index is 12.4. The minimum absolute atomic E-state index is 0.0519. The first-order chi connectivity index (χ1) is 14.2. The molecule has 1 fully saturated rings. The summed E-state index contributed by atoms with van der Waals surface area (Å²) >= 11 is 0. The molecule has 1 atom stereocenters. The first-order valence-corrected chi connectivity index (χ1v) is 10.2. The van der Waals surface area contributed by atoms with Gasteiger partial charge in [0.1, 0.15) is 38.8 Å². The van der Waals surface area contributed by atoms with Crippen LogP contribution in [0.1, 0.15) is 24.4 Å². The number of benzene rings is 2. The maximum Gasteiger partial charge on any atom is 0.258 e. The van der Waals surface area contributed by atoms with Crippen molar-refractivity contribution >= 4 is 10.9 Å². The Bertz CT molecular complexity index is 1090. The molecule has 2 aromatic carbocycles. The zero-order valence-electron chi connectivity index (χ0n) is 16.5. The topological polar surface area (TPSA) is 73.1 Å². The van der Waals surface area contributed by atoms with E-state index in [1.54, 1.807) is 4.90 Å². The molecule has 0 bridgehead atoms. The van der Waals surface area contributed by atoms with Gasteiger partial charge in [-0.25, -0.2) is 4.98 Å². The summed E-state index contributed by atoms with van der Waals surface area (Å²) in [7, 11) is 0. The van der Waals surface area contributed by atoms with E-state index >= 15 is 0 Å². The van der Waals surface area contributed by atoms with Crippen molar-refractivity contribution in [2.45, 2.75) is 19.5 Å². The number of para-hydroxylation sites is 1. The van der Waals surface area contributed by atoms with E-state index in [2.05, 4.69) is 24.0 Å². The smallest absolute Gasteiger partial charge is 0.258 e. The number of H-pyrrole nitrogens is 1. The zero-order chi connectivity index (χ0) is 19.8. The van der Waals surface area contributed by atoms with E-state index < -0.39 is 0 Å². The standard InChI is InChI=1S/C22H24N4O3/c1-15(21-23-18-5-3-2-4-17(18)22(27)24-21)26-10-8-25(9-11-26)13-16-6-7-19-20(12-16)29-14-28-19/h2-7,12,15H,8-11,13-14H2,1H3,(H,23,24,27)/p+2/t15-/m1/s1. The van der Waals surface area contributed by atoms with Crippen molar-refractivity contribution < 1.29 is 19.3 Å². The number of hydrogen-bond donors (Lipinski definition) is 3. The molecule has 0 unspecified atom stereocenters. The summed E-state index contributed by atoms with van der Waals surface area (Å²) in [5.74, 6) is 2.47. The lowest BCUT2D eigenvalue weighted by Crippen LogP contribution is -3.27. The van der Waals surface area contributed by atoms with Gasteiger partial charge in [-0.3, -0.25) is 4.79 Å². The Hall–Kier alpha value is -2.90. The van der Waals surface area contributed by atoms with Crippen molar-refractivity contribution in [3.63, 3.8) is 0 Å². The Morgan fingerprint density at radius 3 is 2.72 bits per heavy atom. The van der Waals surface area contributed by atoms with E-state index in [1.807, 2.05) is 30.3 Å². The van der Waals surface area contributed by atoms with E-state index in [4.69, 9.17) is 14.5 Å². The van der Waals surface area contributed by atoms with Crippen LogP contribution in [0, 0.1) is 0 Å². The van der Waals surface area contributed by atoms with Crippen LogP contribution in [0.25, 0.3) is 10.9 Å². The van der Waals surface area contributed by atoms with Crippen molar-refractivity contribution in [2.75, 3.05) is 33.0 Å². The van der Waals surface area contributed by atoms with Crippen molar-refractivity contribution in [3.05, 3.63) is 64.2 Å². The molecule has 0 radical (unpaired) electrons. The fourth-order valence-electron chi connectivity index (χ4n) is 4.38. The number of fused-ring (bicyclic) bond motifs is 2. The fraction of sp³-hybridized carbons (Fsp3) is 0.364. The lowest BCUT2D eigenvalue weighted by atomic mass is 10.1. The molecule has 5 rings (SSSR count). The van der Waals surface area contributed by atoms with E-state index in [1.165, 1.54) is 10.5 Å². The second kappa shape index (κ2) is 7.50. The summed E-state index contributed by atoms with van der Waals surface area (Å²) in [6.45, 7) is 7.75. The largest absolute Gasteiger partial charge is 0.454 e. The Morgan fingerprint density at radius 1 is 1.07 bits per heavy atom. The predicted molar refractivity (Wildman–Crippen MR) is 108 cm³/mol. The molecule has 0 spiro atoms. The lowest BCUT2D eigenvalue weighted by molar-refractivity contribution is -1.03. The van der Waals surface area contributed by atoms with Gasteiger partial charge in [0.25, 0.3) is 5.56 Å². The second-order valence-electron chi connectivity index (χ2n) is 7.96. The molecule has 0 aliphatic carbocycles. The summed E-state index contributed by atoms with van der Waals surface area (Å²) in [6.07, 6.45) is 0. The quantitative estimate of drug-likeness (QED) is 0.568. The molecule has 0 saturated carbocycles. The van der Waals surface area contributed by atoms with E-state index in [-0.39, 0.29) is 11.6 Å². The second-order valence-corrected chi connectivity index (χ2v) is 7.96. The van der Waals surface area contributed by atoms with Gasteiger partial charge in [-0.1, -0.05) is 12.1 Å². The summed E-state index contributed by atoms with van der Waals surface area (Å²) in [6, 6.07) is 13.9. The van der Waals surface area contributed by atoms with Gasteiger partial charge in [0, 0.05) is 5.56 Å². The molecule has 2 aliphatic heterocycles. The van der Waals surface area contributed by atoms with Gasteiger partial charge < -0.3 is 24.3 Å². The van der Waals surface area contributed by atoms with Crippen LogP contribution in [0.15, 0.2) is 47.3 Å². The molecule has 3 aromatic rings. The first-order valence-electron chi connectivity index (χ1n) is 10.2. The Morgan fingerprint density at radius 2 is 1.86 bits per heavy atom. The summed E-state index contributed by atoms with van der Waals surface area (Å²) in [5, 5.41) is 0.649. The van der Waals surface area contributed by atoms with E-state index in [9.17, 15) is 4.79 Å². The minimum atomic E-state index is -0.0519. The third kappa shape index (κ3) is 3.59. The molecule has 7 nitrogen and oxygen atoms in total. The van der Waals surface area contributed by atoms with Gasteiger partial charge in [0.2, 0.25) is 6.79 Å². The van der Waals surface area contributed by atoms with Crippen LogP contribution in [0.5, 0.6) is 11.5 Å². The van der Waals surface area contributed by atoms with Crippen molar-refractivity contribution in [1.82, 2.24) is 9.97 Å². The van der Waals surface area contributed by atoms with Crippen LogP contribution >= 0.6 is 0 Å². The molecule has 7 heteroatoms. The highest BCUT2D eigenvalue weighted by Gasteiger charge is 2.29. The van der Waals surface area contributed by atoms with Crippen LogP contribution in [0.2, 0.25) is 0 Å². The number of aromatic amines is 1. The number of rotatable bonds is 4. The SMILES string of the molecule is C[C@H](c1nc2ccccc2c(=O)[nH]1)[NH+]1CC[NH+](Cc2ccc3c(c2)OCO3)CC1. The molecule has 3 heterocycles. The highest BCUT2D eigenvalue weighted by Crippen LogP contribution is 2.32. The van der Waals surface area contributed by atoms with Gasteiger partial charge in [-0.15, -0.1) is 0 Å². The van der Waals surface area contributed by atoms with Crippen molar-refractivity contribution in [3.8, 4) is 11.5 Å². The van der Waals surface area contributed by atoms with Crippen LogP contribution in [0.4, 0.5) is 0 Å². The molecule has 0 amide bonds. The summed E-state index contributed by atoms with van der Waals surface area (Å²) in [5.41, 5.74) is 2.00. The average molecular weight is 394 g/mol. The average Bonchev–Trinajstić information content (AvgIpc) is 3.22. The van der Waals surface area contributed by atoms with E-state index in [0.29, 0.717) is 12.2 Å². The van der Waals surface area contributed by atoms with Gasteiger partial charge in [-0.05, 0) is 37.3 Å². The van der Waals surface area contributed by atoms with Gasteiger partial charge in [0.05, 0.1) is 10.9 Å². The molecule has 1 saturated heterocycles. The molecular weight excluding hydrogens is 368 g/mol. The molecule has 29 heavy (non-hydrogen) atoms. The molecular formula is C22H26N4O3+2. The normalized spacial score (nSPS) is 22.0. The Kier molecular flexibility index (Phi) is 4.69. The number of piperazine rings is 1. The predicted octanol–water partition coefficient (Wildman–Crippen LogP) is -0.304. The third-order valence-electron chi connectivity index (χ3n) is 6.14. The van der Waals surface area contributed by atoms with Crippen LogP contribution in [-0.4, -0.2) is 42.9 Å². The van der Waals surface area contributed by atoms with Crippen LogP contribution in [-0.2, 0) is 6.54 Å². The molecule has 150 valence electrons. The van der Waals surface area contributed by atoms with Crippen LogP contribution in [0.3, 0.4) is 0 Å². The number of aromatic nitrogens is 2. The lowest BCUT2D eigenvalue weighted by Gasteiger charge is -2.32. The van der Waals surface area contributed by atoms with Crippen LogP contribution < -0.4 is 24.8 Å². The fourth-order valence-corrected chi connectivity index (χ4v) is 4.38. The summed E-state index contributed by atoms with van der Waals surface area (Å²) < 4.78 is 10.9. The Balaban J connectivity index is 1.24. The number of nitrogens with one attached hydrogen (secondary N) is 3. The number of nitrogens with zero attached hydrogens (tertiary/aromatic N) is 1. The van der Waals surface area contributed by atoms with Crippen molar-refractivity contribution in [1.29, 1.82) is 0 Å². The van der Waals surface area contributed by atoms with E-state index in [0.717, 1.165) is 55.6 Å².